The van der Waals surface area contributed by atoms with Crippen LogP contribution in [0.3, 0.4) is 0 Å². The van der Waals surface area contributed by atoms with Crippen molar-refractivity contribution in [3.05, 3.63) is 66.3 Å². The van der Waals surface area contributed by atoms with E-state index in [1.165, 1.54) is 23.7 Å². The molecule has 0 saturated carbocycles. The van der Waals surface area contributed by atoms with Crippen molar-refractivity contribution in [2.45, 2.75) is 4.90 Å². The molecule has 142 valence electrons. The number of nitrogens with one attached hydrogen (secondary N) is 2. The van der Waals surface area contributed by atoms with E-state index in [0.29, 0.717) is 22.9 Å². The standard InChI is InChI=1S/C19H16N4O3S2/c1-26-15-7-5-13(6-8-15)23-28(24,25)16-4-2-3-14(11-16)22-18-17-9-10-27-19(17)21-12-20-18/h2-12,23H,1H3,(H,20,21,22). The molecule has 0 spiro atoms. The molecular weight excluding hydrogens is 396 g/mol. The Morgan fingerprint density at radius 1 is 1.00 bits per heavy atom. The van der Waals surface area contributed by atoms with Crippen LogP contribution in [0.5, 0.6) is 5.75 Å². The van der Waals surface area contributed by atoms with Crippen LogP contribution in [-0.4, -0.2) is 25.5 Å². The number of hydrogen-bond donors (Lipinski definition) is 2. The number of nitrogens with zero attached hydrogens (tertiary/aromatic N) is 2. The number of methoxy groups -OCH3 is 1. The lowest BCUT2D eigenvalue weighted by Crippen LogP contribution is -2.13. The fraction of sp³-hybridized carbons (Fsp3) is 0.0526. The molecule has 4 aromatic rings. The number of aromatic nitrogens is 2. The van der Waals surface area contributed by atoms with E-state index in [4.69, 9.17) is 4.74 Å². The molecule has 7 nitrogen and oxygen atoms in total. The molecule has 2 aromatic carbocycles. The minimum atomic E-state index is -3.74. The summed E-state index contributed by atoms with van der Waals surface area (Å²) in [6.45, 7) is 0. The minimum absolute atomic E-state index is 0.143. The lowest BCUT2D eigenvalue weighted by molar-refractivity contribution is 0.415. The van der Waals surface area contributed by atoms with Gasteiger partial charge in [0.1, 0.15) is 22.7 Å². The van der Waals surface area contributed by atoms with Gasteiger partial charge in [0.15, 0.2) is 0 Å². The Morgan fingerprint density at radius 3 is 2.61 bits per heavy atom. The third kappa shape index (κ3) is 3.75. The Morgan fingerprint density at radius 2 is 1.82 bits per heavy atom. The average Bonchev–Trinajstić information content (AvgIpc) is 3.18. The van der Waals surface area contributed by atoms with Crippen LogP contribution in [-0.2, 0) is 10.0 Å². The second-order valence-corrected chi connectivity index (χ2v) is 8.43. The highest BCUT2D eigenvalue weighted by Gasteiger charge is 2.15. The molecule has 0 aliphatic rings. The van der Waals surface area contributed by atoms with Gasteiger partial charge in [-0.1, -0.05) is 6.07 Å². The van der Waals surface area contributed by atoms with Crippen molar-refractivity contribution in [3.63, 3.8) is 0 Å². The SMILES string of the molecule is COc1ccc(NS(=O)(=O)c2cccc(Nc3ncnc4sccc34)c2)cc1. The summed E-state index contributed by atoms with van der Waals surface area (Å²) in [4.78, 5) is 9.48. The number of rotatable bonds is 6. The molecule has 4 rings (SSSR count). The molecule has 0 radical (unpaired) electrons. The first-order valence-electron chi connectivity index (χ1n) is 8.27. The highest BCUT2D eigenvalue weighted by molar-refractivity contribution is 7.92. The van der Waals surface area contributed by atoms with Gasteiger partial charge < -0.3 is 10.1 Å². The zero-order valence-corrected chi connectivity index (χ0v) is 16.4. The summed E-state index contributed by atoms with van der Waals surface area (Å²) < 4.78 is 33.1. The molecule has 0 saturated heterocycles. The maximum absolute atomic E-state index is 12.7. The molecule has 28 heavy (non-hydrogen) atoms. The summed E-state index contributed by atoms with van der Waals surface area (Å²) >= 11 is 1.52. The second-order valence-electron chi connectivity index (χ2n) is 5.85. The zero-order chi connectivity index (χ0) is 19.6. The highest BCUT2D eigenvalue weighted by atomic mass is 32.2. The Balaban J connectivity index is 1.59. The number of hydrogen-bond acceptors (Lipinski definition) is 7. The van der Waals surface area contributed by atoms with Gasteiger partial charge in [-0.15, -0.1) is 11.3 Å². The van der Waals surface area contributed by atoms with Gasteiger partial charge in [0.25, 0.3) is 10.0 Å². The molecule has 0 amide bonds. The number of fused-ring (bicyclic) bond motifs is 1. The molecule has 2 N–H and O–H groups in total. The van der Waals surface area contributed by atoms with E-state index in [1.54, 1.807) is 49.6 Å². The minimum Gasteiger partial charge on any atom is -0.497 e. The van der Waals surface area contributed by atoms with Gasteiger partial charge in [-0.25, -0.2) is 18.4 Å². The number of anilines is 3. The molecular formula is C19H16N4O3S2. The van der Waals surface area contributed by atoms with Crippen LogP contribution in [0, 0.1) is 0 Å². The molecule has 0 unspecified atom stereocenters. The van der Waals surface area contributed by atoms with E-state index < -0.39 is 10.0 Å². The predicted octanol–water partition coefficient (Wildman–Crippen LogP) is 4.24. The molecule has 0 bridgehead atoms. The van der Waals surface area contributed by atoms with Crippen LogP contribution >= 0.6 is 11.3 Å². The Labute approximate surface area is 166 Å². The molecule has 2 heterocycles. The lowest BCUT2D eigenvalue weighted by Gasteiger charge is -2.11. The summed E-state index contributed by atoms with van der Waals surface area (Å²) in [5.41, 5.74) is 1.07. The van der Waals surface area contributed by atoms with Gasteiger partial charge in [-0.3, -0.25) is 4.72 Å². The van der Waals surface area contributed by atoms with Crippen LogP contribution < -0.4 is 14.8 Å². The summed E-state index contributed by atoms with van der Waals surface area (Å²) in [5, 5.41) is 5.99. The molecule has 9 heteroatoms. The van der Waals surface area contributed by atoms with E-state index in [2.05, 4.69) is 20.0 Å². The Kier molecular flexibility index (Phi) is 4.84. The monoisotopic (exact) mass is 412 g/mol. The van der Waals surface area contributed by atoms with Gasteiger partial charge in [0.05, 0.1) is 17.4 Å². The van der Waals surface area contributed by atoms with E-state index >= 15 is 0 Å². The van der Waals surface area contributed by atoms with Gasteiger partial charge in [-0.2, -0.15) is 0 Å². The van der Waals surface area contributed by atoms with Crippen LogP contribution in [0.2, 0.25) is 0 Å². The number of sulfonamides is 1. The van der Waals surface area contributed by atoms with Crippen LogP contribution in [0.15, 0.2) is 71.2 Å². The van der Waals surface area contributed by atoms with Crippen LogP contribution in [0.1, 0.15) is 0 Å². The third-order valence-electron chi connectivity index (χ3n) is 4.01. The number of thiophene rings is 1. The summed E-state index contributed by atoms with van der Waals surface area (Å²) in [7, 11) is -2.19. The fourth-order valence-electron chi connectivity index (χ4n) is 2.64. The summed E-state index contributed by atoms with van der Waals surface area (Å²) in [5.74, 6) is 1.28. The maximum atomic E-state index is 12.7. The maximum Gasteiger partial charge on any atom is 0.261 e. The second kappa shape index (κ2) is 7.45. The summed E-state index contributed by atoms with van der Waals surface area (Å²) in [6.07, 6.45) is 1.48. The highest BCUT2D eigenvalue weighted by Crippen LogP contribution is 2.27. The third-order valence-corrected chi connectivity index (χ3v) is 6.21. The smallest absolute Gasteiger partial charge is 0.261 e. The van der Waals surface area contributed by atoms with E-state index in [0.717, 1.165) is 10.2 Å². The molecule has 0 atom stereocenters. The normalized spacial score (nSPS) is 11.3. The van der Waals surface area contributed by atoms with Crippen molar-refractivity contribution in [2.75, 3.05) is 17.1 Å². The first-order chi connectivity index (χ1) is 13.5. The van der Waals surface area contributed by atoms with Gasteiger partial charge in [0, 0.05) is 11.4 Å². The van der Waals surface area contributed by atoms with E-state index in [-0.39, 0.29) is 4.90 Å². The molecule has 0 fully saturated rings. The van der Waals surface area contributed by atoms with Crippen molar-refractivity contribution in [3.8, 4) is 5.75 Å². The van der Waals surface area contributed by atoms with Crippen LogP contribution in [0.25, 0.3) is 10.2 Å². The van der Waals surface area contributed by atoms with Crippen molar-refractivity contribution in [1.29, 1.82) is 0 Å². The summed E-state index contributed by atoms with van der Waals surface area (Å²) in [6, 6.07) is 15.2. The Bertz CT molecular complexity index is 1220. The van der Waals surface area contributed by atoms with Crippen molar-refractivity contribution >= 4 is 48.8 Å². The largest absolute Gasteiger partial charge is 0.497 e. The average molecular weight is 412 g/mol. The van der Waals surface area contributed by atoms with E-state index in [9.17, 15) is 8.42 Å². The lowest BCUT2D eigenvalue weighted by atomic mass is 10.3. The predicted molar refractivity (Wildman–Crippen MR) is 111 cm³/mol. The number of ether oxygens (including phenoxy) is 1. The number of benzene rings is 2. The zero-order valence-electron chi connectivity index (χ0n) is 14.8. The Hall–Kier alpha value is -3.17. The molecule has 0 aliphatic heterocycles. The van der Waals surface area contributed by atoms with Gasteiger partial charge >= 0.3 is 0 Å². The van der Waals surface area contributed by atoms with Gasteiger partial charge in [-0.05, 0) is 53.9 Å². The quantitative estimate of drug-likeness (QED) is 0.492. The van der Waals surface area contributed by atoms with E-state index in [1.807, 2.05) is 11.4 Å². The van der Waals surface area contributed by atoms with Gasteiger partial charge in [0.2, 0.25) is 0 Å². The molecule has 0 aliphatic carbocycles. The fourth-order valence-corrected chi connectivity index (χ4v) is 4.48. The van der Waals surface area contributed by atoms with Crippen molar-refractivity contribution < 1.29 is 13.2 Å². The van der Waals surface area contributed by atoms with Crippen LogP contribution in [0.4, 0.5) is 17.2 Å². The topological polar surface area (TPSA) is 93.2 Å². The first kappa shape index (κ1) is 18.2. The first-order valence-corrected chi connectivity index (χ1v) is 10.6. The molecule has 2 aromatic heterocycles. The van der Waals surface area contributed by atoms with Crippen molar-refractivity contribution in [1.82, 2.24) is 9.97 Å². The van der Waals surface area contributed by atoms with Crippen molar-refractivity contribution in [2.24, 2.45) is 0 Å².